The molecule has 0 radical (unpaired) electrons. The van der Waals surface area contributed by atoms with Gasteiger partial charge in [0, 0.05) is 0 Å². The van der Waals surface area contributed by atoms with E-state index in [1.807, 2.05) is 0 Å². The van der Waals surface area contributed by atoms with Crippen molar-refractivity contribution in [2.45, 2.75) is 59.4 Å². The third kappa shape index (κ3) is 6.23. The summed E-state index contributed by atoms with van der Waals surface area (Å²) in [6.07, 6.45) is -5.04. The van der Waals surface area contributed by atoms with E-state index in [2.05, 4.69) is 0 Å². The van der Waals surface area contributed by atoms with E-state index in [-0.39, 0.29) is 6.42 Å². The predicted molar refractivity (Wildman–Crippen MR) is 62.8 cm³/mol. The standard InChI is InChI=1S/C12H22F3NO2/c1-7(2)18-10(17)8(6-11(3,4)5)9(16)12(13,14)15/h7-9H,6,16H2,1-5H3/t8-,9-/m1/s1. The van der Waals surface area contributed by atoms with Gasteiger partial charge in [0.05, 0.1) is 12.0 Å². The van der Waals surface area contributed by atoms with Gasteiger partial charge in [-0.2, -0.15) is 13.2 Å². The molecule has 0 spiro atoms. The molecular formula is C12H22F3NO2. The predicted octanol–water partition coefficient (Wildman–Crippen LogP) is 2.88. The molecular weight excluding hydrogens is 247 g/mol. The maximum absolute atomic E-state index is 12.6. The quantitative estimate of drug-likeness (QED) is 0.798. The summed E-state index contributed by atoms with van der Waals surface area (Å²) >= 11 is 0. The Hall–Kier alpha value is -0.780. The average molecular weight is 269 g/mol. The van der Waals surface area contributed by atoms with Gasteiger partial charge in [0.15, 0.2) is 0 Å². The second-order valence-electron chi connectivity index (χ2n) is 5.92. The summed E-state index contributed by atoms with van der Waals surface area (Å²) in [6.45, 7) is 8.44. The monoisotopic (exact) mass is 269 g/mol. The van der Waals surface area contributed by atoms with Crippen molar-refractivity contribution in [3.8, 4) is 0 Å². The molecule has 0 aliphatic rings. The summed E-state index contributed by atoms with van der Waals surface area (Å²) in [5, 5.41) is 0. The lowest BCUT2D eigenvalue weighted by molar-refractivity contribution is -0.180. The zero-order valence-corrected chi connectivity index (χ0v) is 11.5. The number of nitrogens with two attached hydrogens (primary N) is 1. The van der Waals surface area contributed by atoms with Crippen LogP contribution in [0.1, 0.15) is 41.0 Å². The van der Waals surface area contributed by atoms with Crippen LogP contribution in [-0.2, 0) is 9.53 Å². The first-order chi connectivity index (χ1) is 7.84. The van der Waals surface area contributed by atoms with Gasteiger partial charge in [-0.3, -0.25) is 4.79 Å². The normalized spacial score (nSPS) is 16.6. The highest BCUT2D eigenvalue weighted by molar-refractivity contribution is 5.73. The minimum Gasteiger partial charge on any atom is -0.463 e. The number of halogens is 3. The Balaban J connectivity index is 5.00. The maximum Gasteiger partial charge on any atom is 0.404 e. The molecule has 0 saturated heterocycles. The molecule has 0 aliphatic heterocycles. The third-order valence-electron chi connectivity index (χ3n) is 2.30. The van der Waals surface area contributed by atoms with Crippen LogP contribution in [0.4, 0.5) is 13.2 Å². The van der Waals surface area contributed by atoms with Gasteiger partial charge in [-0.1, -0.05) is 20.8 Å². The van der Waals surface area contributed by atoms with Gasteiger partial charge < -0.3 is 10.5 Å². The molecule has 0 fully saturated rings. The van der Waals surface area contributed by atoms with Crippen LogP contribution in [0.3, 0.4) is 0 Å². The highest BCUT2D eigenvalue weighted by atomic mass is 19.4. The number of esters is 1. The largest absolute Gasteiger partial charge is 0.463 e. The summed E-state index contributed by atoms with van der Waals surface area (Å²) in [5.74, 6) is -2.25. The van der Waals surface area contributed by atoms with E-state index >= 15 is 0 Å². The Kier molecular flexibility index (Phi) is 5.65. The molecule has 3 nitrogen and oxygen atoms in total. The first kappa shape index (κ1) is 17.2. The van der Waals surface area contributed by atoms with Crippen LogP contribution in [0, 0.1) is 11.3 Å². The molecule has 2 N–H and O–H groups in total. The summed E-state index contributed by atoms with van der Waals surface area (Å²) in [4.78, 5) is 11.7. The van der Waals surface area contributed by atoms with Crippen LogP contribution in [0.2, 0.25) is 0 Å². The fourth-order valence-electron chi connectivity index (χ4n) is 1.56. The van der Waals surface area contributed by atoms with Crippen molar-refractivity contribution < 1.29 is 22.7 Å². The molecule has 6 heteroatoms. The second kappa shape index (κ2) is 5.91. The lowest BCUT2D eigenvalue weighted by Crippen LogP contribution is -2.48. The van der Waals surface area contributed by atoms with E-state index in [1.165, 1.54) is 0 Å². The zero-order valence-electron chi connectivity index (χ0n) is 11.5. The highest BCUT2D eigenvalue weighted by Gasteiger charge is 2.46. The van der Waals surface area contributed by atoms with E-state index in [9.17, 15) is 18.0 Å². The van der Waals surface area contributed by atoms with Crippen molar-refractivity contribution in [3.05, 3.63) is 0 Å². The van der Waals surface area contributed by atoms with Gasteiger partial charge in [0.25, 0.3) is 0 Å². The lowest BCUT2D eigenvalue weighted by atomic mass is 9.81. The van der Waals surface area contributed by atoms with E-state index in [0.29, 0.717) is 0 Å². The first-order valence-electron chi connectivity index (χ1n) is 5.87. The van der Waals surface area contributed by atoms with Gasteiger partial charge in [-0.15, -0.1) is 0 Å². The molecule has 108 valence electrons. The number of ether oxygens (including phenoxy) is 1. The van der Waals surface area contributed by atoms with Gasteiger partial charge in [-0.05, 0) is 25.7 Å². The van der Waals surface area contributed by atoms with Gasteiger partial charge in [0.2, 0.25) is 0 Å². The molecule has 0 bridgehead atoms. The van der Waals surface area contributed by atoms with Crippen LogP contribution in [0.15, 0.2) is 0 Å². The molecule has 0 rings (SSSR count). The van der Waals surface area contributed by atoms with Gasteiger partial charge in [0.1, 0.15) is 6.04 Å². The van der Waals surface area contributed by atoms with Crippen LogP contribution < -0.4 is 5.73 Å². The van der Waals surface area contributed by atoms with Crippen LogP contribution in [0.5, 0.6) is 0 Å². The number of rotatable bonds is 4. The zero-order chi connectivity index (χ0) is 14.7. The van der Waals surface area contributed by atoms with Crippen molar-refractivity contribution in [1.29, 1.82) is 0 Å². The minimum atomic E-state index is -4.61. The second-order valence-corrected chi connectivity index (χ2v) is 5.92. The van der Waals surface area contributed by atoms with E-state index in [4.69, 9.17) is 10.5 Å². The SMILES string of the molecule is CC(C)OC(=O)[C@H](CC(C)(C)C)[C@@H](N)C(F)(F)F. The molecule has 0 amide bonds. The fraction of sp³-hybridized carbons (Fsp3) is 0.917. The smallest absolute Gasteiger partial charge is 0.404 e. The van der Waals surface area contributed by atoms with Crippen LogP contribution in [0.25, 0.3) is 0 Å². The van der Waals surface area contributed by atoms with E-state index in [0.717, 1.165) is 0 Å². The molecule has 0 aromatic carbocycles. The van der Waals surface area contributed by atoms with Crippen molar-refractivity contribution >= 4 is 5.97 Å². The Labute approximate surface area is 106 Å². The molecule has 0 aromatic rings. The van der Waals surface area contributed by atoms with Crippen molar-refractivity contribution in [3.63, 3.8) is 0 Å². The van der Waals surface area contributed by atoms with Gasteiger partial charge >= 0.3 is 12.1 Å². The summed E-state index contributed by atoms with van der Waals surface area (Å²) in [5.41, 5.74) is 4.71. The van der Waals surface area contributed by atoms with Crippen LogP contribution in [-0.4, -0.2) is 24.3 Å². The summed E-state index contributed by atoms with van der Waals surface area (Å²) in [6, 6.07) is -2.19. The molecule has 0 saturated carbocycles. The lowest BCUT2D eigenvalue weighted by Gasteiger charge is -2.30. The Bertz CT molecular complexity index is 282. The van der Waals surface area contributed by atoms with E-state index < -0.39 is 35.6 Å². The molecule has 18 heavy (non-hydrogen) atoms. The number of carbonyl (C=O) groups excluding carboxylic acids is 1. The van der Waals surface area contributed by atoms with E-state index in [1.54, 1.807) is 34.6 Å². The van der Waals surface area contributed by atoms with Crippen molar-refractivity contribution in [2.75, 3.05) is 0 Å². The Morgan fingerprint density at radius 3 is 1.94 bits per heavy atom. The molecule has 2 atom stereocenters. The van der Waals surface area contributed by atoms with Crippen LogP contribution >= 0.6 is 0 Å². The fourth-order valence-corrected chi connectivity index (χ4v) is 1.56. The molecule has 0 unspecified atom stereocenters. The maximum atomic E-state index is 12.6. The topological polar surface area (TPSA) is 52.3 Å². The number of alkyl halides is 3. The number of carbonyl (C=O) groups is 1. The highest BCUT2D eigenvalue weighted by Crippen LogP contribution is 2.33. The Morgan fingerprint density at radius 1 is 1.22 bits per heavy atom. The molecule has 0 aromatic heterocycles. The molecule has 0 aliphatic carbocycles. The van der Waals surface area contributed by atoms with Gasteiger partial charge in [-0.25, -0.2) is 0 Å². The number of hydrogen-bond acceptors (Lipinski definition) is 3. The minimum absolute atomic E-state index is 0.0270. The van der Waals surface area contributed by atoms with Crippen molar-refractivity contribution in [1.82, 2.24) is 0 Å². The first-order valence-corrected chi connectivity index (χ1v) is 5.87. The average Bonchev–Trinajstić information content (AvgIpc) is 2.08. The third-order valence-corrected chi connectivity index (χ3v) is 2.30. The Morgan fingerprint density at radius 2 is 1.67 bits per heavy atom. The van der Waals surface area contributed by atoms with Crippen molar-refractivity contribution in [2.24, 2.45) is 17.1 Å². The number of hydrogen-bond donors (Lipinski definition) is 1. The summed E-state index contributed by atoms with van der Waals surface area (Å²) in [7, 11) is 0. The molecule has 0 heterocycles. The summed E-state index contributed by atoms with van der Waals surface area (Å²) < 4.78 is 42.8.